The number of carbonyl (C=O) groups is 1. The second kappa shape index (κ2) is 13.1. The molecule has 2 heterocycles. The van der Waals surface area contributed by atoms with E-state index in [1.807, 2.05) is 12.1 Å². The van der Waals surface area contributed by atoms with Crippen molar-refractivity contribution in [3.05, 3.63) is 77.0 Å². The fourth-order valence-electron chi connectivity index (χ4n) is 6.71. The summed E-state index contributed by atoms with van der Waals surface area (Å²) < 4.78 is 0. The van der Waals surface area contributed by atoms with Gasteiger partial charge in [0.25, 0.3) is 0 Å². The number of thioether (sulfide) groups is 1. The van der Waals surface area contributed by atoms with E-state index in [0.717, 1.165) is 68.5 Å². The summed E-state index contributed by atoms with van der Waals surface area (Å²) in [5, 5.41) is 14.6. The van der Waals surface area contributed by atoms with Crippen molar-refractivity contribution >= 4 is 34.4 Å². The minimum atomic E-state index is -0.199. The Balaban J connectivity index is 1.29. The lowest BCUT2D eigenvalue weighted by atomic mass is 9.75. The van der Waals surface area contributed by atoms with E-state index in [2.05, 4.69) is 61.6 Å². The van der Waals surface area contributed by atoms with Gasteiger partial charge >= 0.3 is 0 Å². The SMILES string of the molecule is CC1CCC(=Nc2cc(Cc3ccccc3)nc(NC3CCC(O)CC3)n2)Sc2cc(C3CCCC(=O)C3C)ccc21. The Bertz CT molecular complexity index is 1430. The summed E-state index contributed by atoms with van der Waals surface area (Å²) >= 11 is 1.76. The highest BCUT2D eigenvalue weighted by Crippen LogP contribution is 2.42. The molecule has 3 aromatic rings. The summed E-state index contributed by atoms with van der Waals surface area (Å²) in [7, 11) is 0. The summed E-state index contributed by atoms with van der Waals surface area (Å²) in [5.41, 5.74) is 4.81. The molecule has 3 atom stereocenters. The second-order valence-electron chi connectivity index (χ2n) is 12.5. The number of anilines is 1. The van der Waals surface area contributed by atoms with Gasteiger partial charge in [0.2, 0.25) is 5.95 Å². The number of ketones is 1. The number of Topliss-reactive ketones (excluding diaryl/α,β-unsaturated/α-hetero) is 1. The number of aliphatic hydroxyl groups excluding tert-OH is 1. The molecule has 2 aliphatic carbocycles. The van der Waals surface area contributed by atoms with E-state index in [1.165, 1.54) is 21.6 Å². The quantitative estimate of drug-likeness (QED) is 0.306. The molecule has 2 aromatic carbocycles. The van der Waals surface area contributed by atoms with Gasteiger partial charge in [-0.2, -0.15) is 4.98 Å². The zero-order chi connectivity index (χ0) is 29.1. The van der Waals surface area contributed by atoms with Gasteiger partial charge in [0, 0.05) is 35.8 Å². The molecule has 7 heteroatoms. The molecule has 6 nitrogen and oxygen atoms in total. The molecule has 3 unspecified atom stereocenters. The maximum atomic E-state index is 12.5. The van der Waals surface area contributed by atoms with Crippen molar-refractivity contribution in [2.45, 2.75) is 107 Å². The number of hydrogen-bond donors (Lipinski definition) is 2. The lowest BCUT2D eigenvalue weighted by molar-refractivity contribution is -0.124. The first-order chi connectivity index (χ1) is 20.4. The molecule has 0 bridgehead atoms. The number of benzene rings is 2. The van der Waals surface area contributed by atoms with Crippen LogP contribution < -0.4 is 5.32 Å². The Morgan fingerprint density at radius 1 is 0.952 bits per heavy atom. The van der Waals surface area contributed by atoms with E-state index >= 15 is 0 Å². The molecule has 220 valence electrons. The number of nitrogens with one attached hydrogen (secondary N) is 1. The van der Waals surface area contributed by atoms with Crippen LogP contribution in [0, 0.1) is 5.92 Å². The van der Waals surface area contributed by atoms with Gasteiger partial charge in [0.05, 0.1) is 16.8 Å². The van der Waals surface area contributed by atoms with Gasteiger partial charge in [-0.3, -0.25) is 4.79 Å². The monoisotopic (exact) mass is 582 g/mol. The topological polar surface area (TPSA) is 87.5 Å². The van der Waals surface area contributed by atoms with Gasteiger partial charge in [-0.05, 0) is 86.0 Å². The van der Waals surface area contributed by atoms with Crippen molar-refractivity contribution in [2.75, 3.05) is 5.32 Å². The first kappa shape index (κ1) is 29.1. The van der Waals surface area contributed by atoms with Crippen LogP contribution in [0.25, 0.3) is 0 Å². The first-order valence-corrected chi connectivity index (χ1v) is 16.5. The van der Waals surface area contributed by atoms with Gasteiger partial charge < -0.3 is 10.4 Å². The molecule has 2 fully saturated rings. The first-order valence-electron chi connectivity index (χ1n) is 15.7. The number of aliphatic hydroxyl groups is 1. The third kappa shape index (κ3) is 6.95. The molecular formula is C35H42N4O2S. The van der Waals surface area contributed by atoms with E-state index < -0.39 is 0 Å². The normalized spacial score (nSPS) is 27.4. The molecule has 42 heavy (non-hydrogen) atoms. The Morgan fingerprint density at radius 2 is 1.76 bits per heavy atom. The molecule has 2 N–H and O–H groups in total. The maximum absolute atomic E-state index is 12.5. The van der Waals surface area contributed by atoms with Crippen molar-refractivity contribution in [1.29, 1.82) is 0 Å². The third-order valence-corrected chi connectivity index (χ3v) is 10.4. The van der Waals surface area contributed by atoms with Gasteiger partial charge in [-0.1, -0.05) is 68.1 Å². The van der Waals surface area contributed by atoms with E-state index in [0.29, 0.717) is 35.8 Å². The summed E-state index contributed by atoms with van der Waals surface area (Å²) in [6, 6.07) is 19.6. The summed E-state index contributed by atoms with van der Waals surface area (Å²) in [6.45, 7) is 4.41. The van der Waals surface area contributed by atoms with Gasteiger partial charge in [0.15, 0.2) is 5.82 Å². The van der Waals surface area contributed by atoms with Crippen LogP contribution >= 0.6 is 11.8 Å². The molecule has 0 radical (unpaired) electrons. The molecule has 0 saturated heterocycles. The Hall–Kier alpha value is -3.03. The average Bonchev–Trinajstić information content (AvgIpc) is 3.14. The predicted molar refractivity (Wildman–Crippen MR) is 171 cm³/mol. The van der Waals surface area contributed by atoms with Crippen molar-refractivity contribution in [1.82, 2.24) is 9.97 Å². The van der Waals surface area contributed by atoms with E-state index in [4.69, 9.17) is 15.0 Å². The molecule has 0 amide bonds. The third-order valence-electron chi connectivity index (χ3n) is 9.33. The number of fused-ring (bicyclic) bond motifs is 1. The number of aromatic nitrogens is 2. The summed E-state index contributed by atoms with van der Waals surface area (Å²) in [4.78, 5) is 28.7. The minimum absolute atomic E-state index is 0.0838. The van der Waals surface area contributed by atoms with Crippen LogP contribution in [0.3, 0.4) is 0 Å². The minimum Gasteiger partial charge on any atom is -0.393 e. The number of aliphatic imine (C=N–C) groups is 1. The lowest BCUT2D eigenvalue weighted by Gasteiger charge is -2.28. The van der Waals surface area contributed by atoms with Crippen LogP contribution in [-0.2, 0) is 11.2 Å². The number of nitrogens with zero attached hydrogens (tertiary/aromatic N) is 3. The van der Waals surface area contributed by atoms with E-state index in [-0.39, 0.29) is 18.1 Å². The van der Waals surface area contributed by atoms with Crippen LogP contribution in [0.1, 0.15) is 106 Å². The van der Waals surface area contributed by atoms with Crippen LogP contribution in [0.2, 0.25) is 0 Å². The second-order valence-corrected chi connectivity index (χ2v) is 13.6. The van der Waals surface area contributed by atoms with Gasteiger partial charge in [-0.15, -0.1) is 0 Å². The molecule has 0 spiro atoms. The average molecular weight is 583 g/mol. The standard InChI is InChI=1S/C35H42N4O2S/c1-22-11-18-34(42-32-20-25(12-17-29(22)32)30-9-6-10-31(41)23(30)2)38-33-21-27(19-24-7-4-3-5-8-24)37-35(39-33)36-26-13-15-28(40)16-14-26/h3-5,7-8,12,17,20-23,26,28,30,40H,6,9-11,13-16,18-19H2,1-2H3,(H,36,37,39). The molecule has 1 aromatic heterocycles. The van der Waals surface area contributed by atoms with Crippen molar-refractivity contribution in [3.63, 3.8) is 0 Å². The zero-order valence-corrected chi connectivity index (χ0v) is 25.6. The molecule has 2 saturated carbocycles. The Kier molecular flexibility index (Phi) is 9.06. The van der Waals surface area contributed by atoms with E-state index in [9.17, 15) is 9.90 Å². The van der Waals surface area contributed by atoms with Crippen molar-refractivity contribution in [3.8, 4) is 0 Å². The van der Waals surface area contributed by atoms with Crippen molar-refractivity contribution < 1.29 is 9.90 Å². The van der Waals surface area contributed by atoms with Gasteiger partial charge in [0.1, 0.15) is 5.78 Å². The summed E-state index contributed by atoms with van der Waals surface area (Å²) in [6.07, 6.45) is 8.67. The Morgan fingerprint density at radius 3 is 2.57 bits per heavy atom. The fourth-order valence-corrected chi connectivity index (χ4v) is 7.91. The highest BCUT2D eigenvalue weighted by Gasteiger charge is 2.30. The van der Waals surface area contributed by atoms with Crippen LogP contribution in [0.4, 0.5) is 11.8 Å². The van der Waals surface area contributed by atoms with Crippen LogP contribution in [-0.4, -0.2) is 38.0 Å². The Labute approximate surface area is 253 Å². The number of carbonyl (C=O) groups excluding carboxylic acids is 1. The number of rotatable bonds is 6. The molecule has 1 aliphatic heterocycles. The van der Waals surface area contributed by atoms with E-state index in [1.54, 1.807) is 11.8 Å². The highest BCUT2D eigenvalue weighted by atomic mass is 32.2. The van der Waals surface area contributed by atoms with Crippen LogP contribution in [0.5, 0.6) is 0 Å². The molecule has 3 aliphatic rings. The van der Waals surface area contributed by atoms with Crippen molar-refractivity contribution in [2.24, 2.45) is 10.9 Å². The smallest absolute Gasteiger partial charge is 0.225 e. The van der Waals surface area contributed by atoms with Gasteiger partial charge in [-0.25, -0.2) is 9.98 Å². The number of hydrogen-bond acceptors (Lipinski definition) is 7. The predicted octanol–water partition coefficient (Wildman–Crippen LogP) is 7.98. The highest BCUT2D eigenvalue weighted by molar-refractivity contribution is 8.14. The molecular weight excluding hydrogens is 540 g/mol. The van der Waals surface area contributed by atoms with Crippen LogP contribution in [0.15, 0.2) is 64.5 Å². The zero-order valence-electron chi connectivity index (χ0n) is 24.8. The largest absolute Gasteiger partial charge is 0.393 e. The molecule has 6 rings (SSSR count). The fraction of sp³-hybridized carbons (Fsp3) is 0.486. The summed E-state index contributed by atoms with van der Waals surface area (Å²) in [5.74, 6) is 2.53. The maximum Gasteiger partial charge on any atom is 0.225 e. The lowest BCUT2D eigenvalue weighted by Crippen LogP contribution is -2.29.